The van der Waals surface area contributed by atoms with Gasteiger partial charge in [-0.2, -0.15) is 0 Å². The van der Waals surface area contributed by atoms with E-state index >= 15 is 0 Å². The van der Waals surface area contributed by atoms with Crippen molar-refractivity contribution in [2.24, 2.45) is 10.7 Å². The van der Waals surface area contributed by atoms with Gasteiger partial charge in [0.05, 0.1) is 5.84 Å². The number of likely N-dealkylation sites (N-methyl/N-ethyl adjacent to an activating group) is 1. The van der Waals surface area contributed by atoms with E-state index in [1.807, 2.05) is 25.1 Å². The van der Waals surface area contributed by atoms with Gasteiger partial charge in [0.15, 0.2) is 0 Å². The van der Waals surface area contributed by atoms with Crippen LogP contribution in [0.5, 0.6) is 0 Å². The first-order valence-corrected chi connectivity index (χ1v) is 11.0. The summed E-state index contributed by atoms with van der Waals surface area (Å²) in [7, 11) is 0. The fourth-order valence-electron chi connectivity index (χ4n) is 4.00. The second-order valence-electron chi connectivity index (χ2n) is 8.02. The van der Waals surface area contributed by atoms with Crippen LogP contribution in [0.15, 0.2) is 83.8 Å². The summed E-state index contributed by atoms with van der Waals surface area (Å²) < 4.78 is 27.8. The standard InChI is InChI=1S/C26H31F2N5/c1-5-23(17(3)30-6-2)26(31-18(4)29)32-22-13-19-9-7-8-10-25(19)33(16-22)15-20-11-12-21(27)14-24(20)28/h5,7-12,14,22,30,32H,1,3,6,13,15-16H2,2,4H3,(H2,29,31)/b26-23+. The number of aliphatic imine (C=N–C) groups is 1. The number of hydrogen-bond acceptors (Lipinski definition) is 4. The molecule has 174 valence electrons. The van der Waals surface area contributed by atoms with Crippen LogP contribution in [0.4, 0.5) is 14.5 Å². The topological polar surface area (TPSA) is 65.7 Å². The van der Waals surface area contributed by atoms with Crippen molar-refractivity contribution in [3.63, 3.8) is 0 Å². The summed E-state index contributed by atoms with van der Waals surface area (Å²) in [4.78, 5) is 6.60. The Morgan fingerprint density at radius 2 is 2.03 bits per heavy atom. The molecule has 0 aliphatic carbocycles. The zero-order valence-corrected chi connectivity index (χ0v) is 19.2. The van der Waals surface area contributed by atoms with Crippen LogP contribution >= 0.6 is 0 Å². The normalized spacial score (nSPS) is 16.5. The molecule has 5 nitrogen and oxygen atoms in total. The van der Waals surface area contributed by atoms with Crippen LogP contribution in [0.25, 0.3) is 0 Å². The lowest BCUT2D eigenvalue weighted by Gasteiger charge is -2.37. The van der Waals surface area contributed by atoms with Gasteiger partial charge in [0.25, 0.3) is 0 Å². The minimum absolute atomic E-state index is 0.0362. The maximum absolute atomic E-state index is 14.4. The number of benzene rings is 2. The lowest BCUT2D eigenvalue weighted by atomic mass is 9.97. The van der Waals surface area contributed by atoms with E-state index in [1.165, 1.54) is 12.1 Å². The summed E-state index contributed by atoms with van der Waals surface area (Å²) in [6.07, 6.45) is 2.45. The van der Waals surface area contributed by atoms with Gasteiger partial charge in [-0.3, -0.25) is 0 Å². The van der Waals surface area contributed by atoms with Crippen LogP contribution in [-0.4, -0.2) is 25.0 Å². The van der Waals surface area contributed by atoms with Crippen molar-refractivity contribution < 1.29 is 8.78 Å². The van der Waals surface area contributed by atoms with E-state index in [0.29, 0.717) is 42.6 Å². The van der Waals surface area contributed by atoms with Crippen molar-refractivity contribution in [3.05, 3.63) is 102 Å². The Labute approximate surface area is 194 Å². The van der Waals surface area contributed by atoms with Gasteiger partial charge >= 0.3 is 0 Å². The number of para-hydroxylation sites is 1. The van der Waals surface area contributed by atoms with Gasteiger partial charge in [-0.05, 0) is 38.0 Å². The summed E-state index contributed by atoms with van der Waals surface area (Å²) in [5, 5.41) is 6.70. The molecule has 0 bridgehead atoms. The van der Waals surface area contributed by atoms with E-state index in [1.54, 1.807) is 13.0 Å². The fraction of sp³-hybridized carbons (Fsp3) is 0.269. The number of allylic oxidation sites excluding steroid dienone is 1. The number of anilines is 1. The van der Waals surface area contributed by atoms with Gasteiger partial charge < -0.3 is 21.3 Å². The van der Waals surface area contributed by atoms with Crippen LogP contribution in [-0.2, 0) is 13.0 Å². The van der Waals surface area contributed by atoms with E-state index in [2.05, 4.69) is 39.8 Å². The van der Waals surface area contributed by atoms with E-state index in [-0.39, 0.29) is 6.04 Å². The van der Waals surface area contributed by atoms with Crippen molar-refractivity contribution in [2.45, 2.75) is 32.9 Å². The lowest BCUT2D eigenvalue weighted by Crippen LogP contribution is -2.46. The fourth-order valence-corrected chi connectivity index (χ4v) is 4.00. The first-order valence-electron chi connectivity index (χ1n) is 11.0. The molecule has 33 heavy (non-hydrogen) atoms. The van der Waals surface area contributed by atoms with E-state index in [4.69, 9.17) is 5.73 Å². The molecule has 7 heteroatoms. The molecule has 1 aliphatic heterocycles. The highest BCUT2D eigenvalue weighted by atomic mass is 19.1. The largest absolute Gasteiger partial charge is 0.387 e. The second kappa shape index (κ2) is 10.8. The Balaban J connectivity index is 1.94. The molecule has 2 aromatic carbocycles. The summed E-state index contributed by atoms with van der Waals surface area (Å²) in [6, 6.07) is 11.7. The quantitative estimate of drug-likeness (QED) is 0.301. The van der Waals surface area contributed by atoms with Gasteiger partial charge in [-0.15, -0.1) is 0 Å². The molecule has 0 radical (unpaired) electrons. The molecule has 0 amide bonds. The van der Waals surface area contributed by atoms with Gasteiger partial charge in [-0.25, -0.2) is 13.8 Å². The van der Waals surface area contributed by atoms with Gasteiger partial charge in [0.2, 0.25) is 0 Å². The number of nitrogens with one attached hydrogen (secondary N) is 2. The summed E-state index contributed by atoms with van der Waals surface area (Å²) >= 11 is 0. The first-order chi connectivity index (χ1) is 15.8. The SMILES string of the molecule is C=C/C(C(=C)NCC)=C(/N=C(\C)N)NC1Cc2ccccc2N(Cc2ccc(F)cc2F)C1. The Hall–Kier alpha value is -3.61. The number of nitrogens with two attached hydrogens (primary N) is 1. The number of nitrogens with zero attached hydrogens (tertiary/aromatic N) is 2. The average molecular weight is 452 g/mol. The molecule has 1 atom stereocenters. The molecule has 1 unspecified atom stereocenters. The second-order valence-corrected chi connectivity index (χ2v) is 8.02. The van der Waals surface area contributed by atoms with Crippen LogP contribution < -0.4 is 21.3 Å². The predicted octanol–water partition coefficient (Wildman–Crippen LogP) is 4.38. The Bertz CT molecular complexity index is 1090. The third-order valence-corrected chi connectivity index (χ3v) is 5.42. The smallest absolute Gasteiger partial charge is 0.137 e. The van der Waals surface area contributed by atoms with Gasteiger partial charge in [0.1, 0.15) is 17.5 Å². The van der Waals surface area contributed by atoms with Crippen molar-refractivity contribution in [3.8, 4) is 0 Å². The molecule has 0 fully saturated rings. The minimum Gasteiger partial charge on any atom is -0.387 e. The molecular formula is C26H31F2N5. The van der Waals surface area contributed by atoms with Gasteiger partial charge in [0, 0.05) is 54.3 Å². The van der Waals surface area contributed by atoms with Crippen molar-refractivity contribution in [1.29, 1.82) is 0 Å². The molecule has 1 aliphatic rings. The summed E-state index contributed by atoms with van der Waals surface area (Å²) in [5.41, 5.74) is 9.93. The maximum atomic E-state index is 14.4. The van der Waals surface area contributed by atoms with Gasteiger partial charge in [-0.1, -0.05) is 43.5 Å². The van der Waals surface area contributed by atoms with Crippen LogP contribution in [0.3, 0.4) is 0 Å². The zero-order chi connectivity index (χ0) is 24.0. The van der Waals surface area contributed by atoms with E-state index in [9.17, 15) is 8.78 Å². The number of hydrogen-bond donors (Lipinski definition) is 3. The molecule has 4 N–H and O–H groups in total. The van der Waals surface area contributed by atoms with Crippen molar-refractivity contribution >= 4 is 11.5 Å². The molecule has 1 heterocycles. The van der Waals surface area contributed by atoms with Crippen LogP contribution in [0.1, 0.15) is 25.0 Å². The number of fused-ring (bicyclic) bond motifs is 1. The third kappa shape index (κ3) is 6.00. The highest BCUT2D eigenvalue weighted by molar-refractivity contribution is 5.78. The monoisotopic (exact) mass is 451 g/mol. The zero-order valence-electron chi connectivity index (χ0n) is 19.2. The average Bonchev–Trinajstić information content (AvgIpc) is 2.76. The third-order valence-electron chi connectivity index (χ3n) is 5.42. The Morgan fingerprint density at radius 3 is 2.70 bits per heavy atom. The molecule has 2 aromatic rings. The Kier molecular flexibility index (Phi) is 7.87. The van der Waals surface area contributed by atoms with Crippen molar-refractivity contribution in [2.75, 3.05) is 18.0 Å². The molecular weight excluding hydrogens is 420 g/mol. The summed E-state index contributed by atoms with van der Waals surface area (Å²) in [6.45, 7) is 13.3. The van der Waals surface area contributed by atoms with Crippen LogP contribution in [0.2, 0.25) is 0 Å². The van der Waals surface area contributed by atoms with Crippen LogP contribution in [0, 0.1) is 11.6 Å². The molecule has 3 rings (SSSR count). The van der Waals surface area contributed by atoms with E-state index in [0.717, 1.165) is 29.3 Å². The number of amidine groups is 1. The molecule has 0 saturated carbocycles. The molecule has 0 saturated heterocycles. The summed E-state index contributed by atoms with van der Waals surface area (Å²) in [5.74, 6) is -0.157. The minimum atomic E-state index is -0.586. The number of rotatable bonds is 9. The van der Waals surface area contributed by atoms with E-state index < -0.39 is 11.6 Å². The van der Waals surface area contributed by atoms with Crippen molar-refractivity contribution in [1.82, 2.24) is 10.6 Å². The Morgan fingerprint density at radius 1 is 1.27 bits per heavy atom. The highest BCUT2D eigenvalue weighted by Crippen LogP contribution is 2.29. The highest BCUT2D eigenvalue weighted by Gasteiger charge is 2.26. The molecule has 0 aromatic heterocycles. The molecule has 0 spiro atoms. The lowest BCUT2D eigenvalue weighted by molar-refractivity contribution is 0.512. The number of halogens is 2. The predicted molar refractivity (Wildman–Crippen MR) is 132 cm³/mol. The maximum Gasteiger partial charge on any atom is 0.137 e. The first kappa shape index (κ1) is 24.0.